The van der Waals surface area contributed by atoms with Gasteiger partial charge in [0.2, 0.25) is 5.91 Å². The number of hydrogen-bond acceptors (Lipinski definition) is 5. The van der Waals surface area contributed by atoms with Crippen LogP contribution in [0.15, 0.2) is 30.3 Å². The van der Waals surface area contributed by atoms with Crippen LogP contribution in [0.2, 0.25) is 0 Å². The van der Waals surface area contributed by atoms with Crippen molar-refractivity contribution in [3.8, 4) is 17.3 Å². The Morgan fingerprint density at radius 3 is 2.40 bits per heavy atom. The van der Waals surface area contributed by atoms with E-state index in [2.05, 4.69) is 16.4 Å². The van der Waals surface area contributed by atoms with Crippen LogP contribution in [-0.4, -0.2) is 22.0 Å². The molecule has 0 saturated heterocycles. The second-order valence-electron chi connectivity index (χ2n) is 6.05. The molecule has 1 aromatic carbocycles. The second-order valence-corrected chi connectivity index (χ2v) is 7.05. The quantitative estimate of drug-likeness (QED) is 0.873. The maximum absolute atomic E-state index is 12.4. The van der Waals surface area contributed by atoms with Gasteiger partial charge in [-0.25, -0.2) is 4.98 Å². The highest BCUT2D eigenvalue weighted by Gasteiger charge is 2.30. The number of nitriles is 1. The molecule has 0 unspecified atom stereocenters. The van der Waals surface area contributed by atoms with E-state index in [1.807, 2.05) is 30.3 Å². The monoisotopic (exact) mass is 355 g/mol. The van der Waals surface area contributed by atoms with Crippen LogP contribution in [0, 0.1) is 23.2 Å². The Bertz CT molecular complexity index is 818. The molecule has 1 amide bonds. The summed E-state index contributed by atoms with van der Waals surface area (Å²) in [7, 11) is 0. The van der Waals surface area contributed by atoms with Gasteiger partial charge < -0.3 is 10.4 Å². The first kappa shape index (κ1) is 17.1. The maximum Gasteiger partial charge on any atom is 0.306 e. The minimum atomic E-state index is -0.787. The summed E-state index contributed by atoms with van der Waals surface area (Å²) < 4.78 is 0. The van der Waals surface area contributed by atoms with Gasteiger partial charge in [0.15, 0.2) is 5.13 Å². The number of nitrogens with zero attached hydrogens (tertiary/aromatic N) is 2. The summed E-state index contributed by atoms with van der Waals surface area (Å²) in [4.78, 5) is 28.3. The van der Waals surface area contributed by atoms with E-state index in [1.165, 1.54) is 0 Å². The fraction of sp³-hybridized carbons (Fsp3) is 0.333. The average Bonchev–Trinajstić information content (AvgIpc) is 3.05. The number of aromatic nitrogens is 1. The van der Waals surface area contributed by atoms with Crippen LogP contribution in [0.3, 0.4) is 0 Å². The smallest absolute Gasteiger partial charge is 0.306 e. The molecule has 6 nitrogen and oxygen atoms in total. The molecule has 7 heteroatoms. The highest BCUT2D eigenvalue weighted by atomic mass is 32.1. The van der Waals surface area contributed by atoms with Crippen molar-refractivity contribution in [2.45, 2.75) is 25.7 Å². The Labute approximate surface area is 149 Å². The molecule has 1 fully saturated rings. The van der Waals surface area contributed by atoms with E-state index in [1.54, 1.807) is 0 Å². The van der Waals surface area contributed by atoms with Gasteiger partial charge in [-0.2, -0.15) is 5.26 Å². The predicted molar refractivity (Wildman–Crippen MR) is 94.0 cm³/mol. The molecule has 1 saturated carbocycles. The lowest BCUT2D eigenvalue weighted by molar-refractivity contribution is -0.143. The summed E-state index contributed by atoms with van der Waals surface area (Å²) in [5, 5.41) is 21.5. The zero-order chi connectivity index (χ0) is 17.8. The van der Waals surface area contributed by atoms with Gasteiger partial charge in [0.25, 0.3) is 0 Å². The van der Waals surface area contributed by atoms with Crippen molar-refractivity contribution in [3.63, 3.8) is 0 Å². The van der Waals surface area contributed by atoms with Gasteiger partial charge in [0, 0.05) is 11.5 Å². The second kappa shape index (κ2) is 7.45. The topological polar surface area (TPSA) is 103 Å². The van der Waals surface area contributed by atoms with E-state index in [-0.39, 0.29) is 17.7 Å². The summed E-state index contributed by atoms with van der Waals surface area (Å²) >= 11 is 1.15. The average molecular weight is 355 g/mol. The van der Waals surface area contributed by atoms with Crippen LogP contribution in [0.4, 0.5) is 5.13 Å². The van der Waals surface area contributed by atoms with Crippen LogP contribution >= 0.6 is 11.3 Å². The Morgan fingerprint density at radius 1 is 1.16 bits per heavy atom. The number of carbonyl (C=O) groups is 2. The lowest BCUT2D eigenvalue weighted by atomic mass is 9.81. The molecular weight excluding hydrogens is 338 g/mol. The molecular formula is C18H17N3O3S. The molecule has 2 aromatic rings. The number of amides is 1. The normalized spacial score (nSPS) is 19.8. The molecule has 25 heavy (non-hydrogen) atoms. The highest BCUT2D eigenvalue weighted by molar-refractivity contribution is 7.16. The van der Waals surface area contributed by atoms with E-state index in [0.717, 1.165) is 16.9 Å². The molecule has 0 aliphatic heterocycles. The number of nitrogens with one attached hydrogen (secondary N) is 1. The van der Waals surface area contributed by atoms with Crippen LogP contribution in [0.25, 0.3) is 11.3 Å². The highest BCUT2D eigenvalue weighted by Crippen LogP contribution is 2.33. The first-order chi connectivity index (χ1) is 12.1. The first-order valence-electron chi connectivity index (χ1n) is 8.08. The van der Waals surface area contributed by atoms with Crippen molar-refractivity contribution in [3.05, 3.63) is 35.2 Å². The van der Waals surface area contributed by atoms with Gasteiger partial charge in [-0.15, -0.1) is 0 Å². The first-order valence-corrected chi connectivity index (χ1v) is 8.90. The standard InChI is InChI=1S/C18H17N3O3S/c19-10-14-15(11-4-2-1-3-5-11)20-18(25-14)21-16(22)12-6-8-13(9-7-12)17(23)24/h1-5,12-13H,6-9H2,(H,23,24)(H,20,21,22). The minimum absolute atomic E-state index is 0.151. The largest absolute Gasteiger partial charge is 0.481 e. The fourth-order valence-corrected chi connectivity index (χ4v) is 3.84. The molecule has 0 radical (unpaired) electrons. The van der Waals surface area contributed by atoms with Gasteiger partial charge in [-0.1, -0.05) is 41.7 Å². The van der Waals surface area contributed by atoms with Gasteiger partial charge in [0.1, 0.15) is 16.6 Å². The Morgan fingerprint density at radius 2 is 1.80 bits per heavy atom. The summed E-state index contributed by atoms with van der Waals surface area (Å²) in [5.41, 5.74) is 1.40. The molecule has 0 bridgehead atoms. The van der Waals surface area contributed by atoms with Crippen molar-refractivity contribution in [2.75, 3.05) is 5.32 Å². The molecule has 1 aliphatic rings. The maximum atomic E-state index is 12.4. The number of thiazole rings is 1. The van der Waals surface area contributed by atoms with Gasteiger partial charge in [-0.3, -0.25) is 9.59 Å². The number of hydrogen-bond donors (Lipinski definition) is 2. The Balaban J connectivity index is 1.70. The van der Waals surface area contributed by atoms with Crippen molar-refractivity contribution in [1.29, 1.82) is 5.26 Å². The molecule has 1 heterocycles. The van der Waals surface area contributed by atoms with E-state index >= 15 is 0 Å². The van der Waals surface area contributed by atoms with Crippen molar-refractivity contribution >= 4 is 28.3 Å². The SMILES string of the molecule is N#Cc1sc(NC(=O)C2CCC(C(=O)O)CC2)nc1-c1ccccc1. The van der Waals surface area contributed by atoms with Gasteiger partial charge in [0.05, 0.1) is 5.92 Å². The van der Waals surface area contributed by atoms with Crippen LogP contribution < -0.4 is 5.32 Å². The molecule has 128 valence electrons. The third-order valence-electron chi connectivity index (χ3n) is 4.45. The molecule has 1 aromatic heterocycles. The lowest BCUT2D eigenvalue weighted by Gasteiger charge is -2.24. The lowest BCUT2D eigenvalue weighted by Crippen LogP contribution is -2.29. The summed E-state index contributed by atoms with van der Waals surface area (Å²) in [5.74, 6) is -1.49. The zero-order valence-corrected chi connectivity index (χ0v) is 14.3. The number of carboxylic acids is 1. The number of carboxylic acid groups (broad SMARTS) is 1. The van der Waals surface area contributed by atoms with E-state index < -0.39 is 5.97 Å². The Hall–Kier alpha value is -2.72. The van der Waals surface area contributed by atoms with Crippen LogP contribution in [0.1, 0.15) is 30.6 Å². The van der Waals surface area contributed by atoms with Crippen molar-refractivity contribution in [1.82, 2.24) is 4.98 Å². The van der Waals surface area contributed by atoms with Crippen molar-refractivity contribution < 1.29 is 14.7 Å². The van der Waals surface area contributed by atoms with Gasteiger partial charge in [-0.05, 0) is 25.7 Å². The number of carbonyl (C=O) groups excluding carboxylic acids is 1. The Kier molecular flexibility index (Phi) is 5.10. The number of anilines is 1. The third kappa shape index (κ3) is 3.86. The van der Waals surface area contributed by atoms with Crippen molar-refractivity contribution in [2.24, 2.45) is 11.8 Å². The molecule has 2 N–H and O–H groups in total. The number of rotatable bonds is 4. The summed E-state index contributed by atoms with van der Waals surface area (Å²) in [6.45, 7) is 0. The van der Waals surface area contributed by atoms with E-state index in [4.69, 9.17) is 5.11 Å². The van der Waals surface area contributed by atoms with Crippen LogP contribution in [-0.2, 0) is 9.59 Å². The predicted octanol–water partition coefficient (Wildman–Crippen LogP) is 3.51. The zero-order valence-electron chi connectivity index (χ0n) is 13.4. The molecule has 3 rings (SSSR count). The van der Waals surface area contributed by atoms with E-state index in [0.29, 0.717) is 41.4 Å². The summed E-state index contributed by atoms with van der Waals surface area (Å²) in [6.07, 6.45) is 2.16. The molecule has 0 spiro atoms. The summed E-state index contributed by atoms with van der Waals surface area (Å²) in [6, 6.07) is 11.5. The third-order valence-corrected chi connectivity index (χ3v) is 5.33. The van der Waals surface area contributed by atoms with Crippen LogP contribution in [0.5, 0.6) is 0 Å². The van der Waals surface area contributed by atoms with E-state index in [9.17, 15) is 14.9 Å². The number of benzene rings is 1. The minimum Gasteiger partial charge on any atom is -0.481 e. The molecule has 0 atom stereocenters. The molecule has 1 aliphatic carbocycles. The number of aliphatic carboxylic acids is 1. The fourth-order valence-electron chi connectivity index (χ4n) is 3.05. The van der Waals surface area contributed by atoms with Gasteiger partial charge >= 0.3 is 5.97 Å².